The Labute approximate surface area is 102 Å². The molecule has 1 rings (SSSR count). The summed E-state index contributed by atoms with van der Waals surface area (Å²) in [5.74, 6) is -0.228. The van der Waals surface area contributed by atoms with Gasteiger partial charge in [0.25, 0.3) is 0 Å². The van der Waals surface area contributed by atoms with Crippen molar-refractivity contribution in [3.05, 3.63) is 35.9 Å². The van der Waals surface area contributed by atoms with Crippen molar-refractivity contribution in [3.63, 3.8) is 0 Å². The van der Waals surface area contributed by atoms with Gasteiger partial charge in [-0.15, -0.1) is 0 Å². The predicted molar refractivity (Wildman–Crippen MR) is 66.5 cm³/mol. The molecule has 0 spiro atoms. The van der Waals surface area contributed by atoms with E-state index in [1.54, 1.807) is 0 Å². The first-order valence-corrected chi connectivity index (χ1v) is 6.12. The standard InChI is InChI=1S/C14H20O3/c1-2-3-11-17-14(16)10-9-13(15)12-7-5-4-6-8-12/h4-8,13,15H,2-3,9-11H2,1H3. The van der Waals surface area contributed by atoms with E-state index in [0.717, 1.165) is 18.4 Å². The predicted octanol–water partition coefficient (Wildman–Crippen LogP) is 2.84. The van der Waals surface area contributed by atoms with Crippen molar-refractivity contribution in [2.45, 2.75) is 38.7 Å². The molecule has 0 bridgehead atoms. The number of hydrogen-bond donors (Lipinski definition) is 1. The molecule has 0 fully saturated rings. The molecule has 94 valence electrons. The molecule has 0 amide bonds. The summed E-state index contributed by atoms with van der Waals surface area (Å²) >= 11 is 0. The van der Waals surface area contributed by atoms with Crippen LogP contribution in [0.5, 0.6) is 0 Å². The third kappa shape index (κ3) is 5.50. The average Bonchev–Trinajstić information content (AvgIpc) is 2.37. The highest BCUT2D eigenvalue weighted by Crippen LogP contribution is 2.17. The number of carbonyl (C=O) groups is 1. The van der Waals surface area contributed by atoms with Crippen LogP contribution in [0.15, 0.2) is 30.3 Å². The molecule has 0 radical (unpaired) electrons. The van der Waals surface area contributed by atoms with Crippen molar-refractivity contribution in [2.75, 3.05) is 6.61 Å². The minimum atomic E-state index is -0.588. The van der Waals surface area contributed by atoms with E-state index >= 15 is 0 Å². The summed E-state index contributed by atoms with van der Waals surface area (Å²) in [5, 5.41) is 9.83. The van der Waals surface area contributed by atoms with Gasteiger partial charge in [0.15, 0.2) is 0 Å². The maximum atomic E-state index is 11.3. The summed E-state index contributed by atoms with van der Waals surface area (Å²) in [6.45, 7) is 2.53. The van der Waals surface area contributed by atoms with E-state index in [-0.39, 0.29) is 12.4 Å². The van der Waals surface area contributed by atoms with E-state index in [9.17, 15) is 9.90 Å². The maximum Gasteiger partial charge on any atom is 0.305 e. The molecule has 1 aromatic rings. The van der Waals surface area contributed by atoms with Crippen LogP contribution in [0.3, 0.4) is 0 Å². The Morgan fingerprint density at radius 2 is 2.06 bits per heavy atom. The number of ether oxygens (including phenoxy) is 1. The van der Waals surface area contributed by atoms with Gasteiger partial charge in [0, 0.05) is 6.42 Å². The Morgan fingerprint density at radius 1 is 1.35 bits per heavy atom. The van der Waals surface area contributed by atoms with Crippen LogP contribution >= 0.6 is 0 Å². The number of unbranched alkanes of at least 4 members (excludes halogenated alkanes) is 1. The van der Waals surface area contributed by atoms with Crippen LogP contribution in [0.2, 0.25) is 0 Å². The number of rotatable bonds is 7. The topological polar surface area (TPSA) is 46.5 Å². The average molecular weight is 236 g/mol. The number of esters is 1. The molecule has 1 atom stereocenters. The molecule has 0 heterocycles. The minimum absolute atomic E-state index is 0.228. The lowest BCUT2D eigenvalue weighted by molar-refractivity contribution is -0.144. The summed E-state index contributed by atoms with van der Waals surface area (Å²) in [6.07, 6.45) is 2.00. The fourth-order valence-corrected chi connectivity index (χ4v) is 1.50. The van der Waals surface area contributed by atoms with Crippen LogP contribution < -0.4 is 0 Å². The van der Waals surface area contributed by atoms with Crippen LogP contribution in [-0.4, -0.2) is 17.7 Å². The highest BCUT2D eigenvalue weighted by Gasteiger charge is 2.10. The Hall–Kier alpha value is -1.35. The highest BCUT2D eigenvalue weighted by atomic mass is 16.5. The first-order valence-electron chi connectivity index (χ1n) is 6.12. The van der Waals surface area contributed by atoms with Crippen LogP contribution in [-0.2, 0) is 9.53 Å². The largest absolute Gasteiger partial charge is 0.466 e. The van der Waals surface area contributed by atoms with Gasteiger partial charge >= 0.3 is 5.97 Å². The Kier molecular flexibility index (Phi) is 6.33. The number of aliphatic hydroxyl groups is 1. The third-order valence-corrected chi connectivity index (χ3v) is 2.57. The summed E-state index contributed by atoms with van der Waals surface area (Å²) in [7, 11) is 0. The Balaban J connectivity index is 2.24. The van der Waals surface area contributed by atoms with E-state index in [4.69, 9.17) is 4.74 Å². The fourth-order valence-electron chi connectivity index (χ4n) is 1.50. The maximum absolute atomic E-state index is 11.3. The van der Waals surface area contributed by atoms with Gasteiger partial charge in [0.2, 0.25) is 0 Å². The quantitative estimate of drug-likeness (QED) is 0.585. The minimum Gasteiger partial charge on any atom is -0.466 e. The third-order valence-electron chi connectivity index (χ3n) is 2.57. The van der Waals surface area contributed by atoms with Gasteiger partial charge in [-0.3, -0.25) is 4.79 Å². The number of carbonyl (C=O) groups excluding carboxylic acids is 1. The number of benzene rings is 1. The van der Waals surface area contributed by atoms with Gasteiger partial charge in [-0.25, -0.2) is 0 Å². The summed E-state index contributed by atoms with van der Waals surface area (Å²) in [6, 6.07) is 9.35. The van der Waals surface area contributed by atoms with E-state index in [2.05, 4.69) is 0 Å². The fraction of sp³-hybridized carbons (Fsp3) is 0.500. The molecule has 3 heteroatoms. The van der Waals surface area contributed by atoms with E-state index in [0.29, 0.717) is 13.0 Å². The summed E-state index contributed by atoms with van der Waals surface area (Å²) in [5.41, 5.74) is 0.842. The van der Waals surface area contributed by atoms with Crippen molar-refractivity contribution in [1.82, 2.24) is 0 Å². The highest BCUT2D eigenvalue weighted by molar-refractivity contribution is 5.69. The molecule has 17 heavy (non-hydrogen) atoms. The van der Waals surface area contributed by atoms with Gasteiger partial charge in [0.05, 0.1) is 12.7 Å². The number of aliphatic hydroxyl groups excluding tert-OH is 1. The zero-order chi connectivity index (χ0) is 12.5. The van der Waals surface area contributed by atoms with Gasteiger partial charge in [-0.05, 0) is 18.4 Å². The molecule has 0 aliphatic carbocycles. The van der Waals surface area contributed by atoms with Crippen LogP contribution in [0.4, 0.5) is 0 Å². The molecule has 1 unspecified atom stereocenters. The second kappa shape index (κ2) is 7.85. The lowest BCUT2D eigenvalue weighted by Gasteiger charge is -2.10. The summed E-state index contributed by atoms with van der Waals surface area (Å²) in [4.78, 5) is 11.3. The van der Waals surface area contributed by atoms with Gasteiger partial charge < -0.3 is 9.84 Å². The molecule has 0 aliphatic heterocycles. The van der Waals surface area contributed by atoms with E-state index in [1.807, 2.05) is 37.3 Å². The molecule has 0 aromatic heterocycles. The normalized spacial score (nSPS) is 12.1. The van der Waals surface area contributed by atoms with Crippen molar-refractivity contribution in [3.8, 4) is 0 Å². The second-order valence-corrected chi connectivity index (χ2v) is 4.04. The molecular formula is C14H20O3. The molecule has 0 aliphatic rings. The van der Waals surface area contributed by atoms with E-state index < -0.39 is 6.10 Å². The Morgan fingerprint density at radius 3 is 2.71 bits per heavy atom. The SMILES string of the molecule is CCCCOC(=O)CCC(O)c1ccccc1. The van der Waals surface area contributed by atoms with Crippen molar-refractivity contribution in [2.24, 2.45) is 0 Å². The Bertz CT molecular complexity index is 321. The van der Waals surface area contributed by atoms with Gasteiger partial charge in [-0.2, -0.15) is 0 Å². The molecule has 0 saturated carbocycles. The first kappa shape index (κ1) is 13.7. The lowest BCUT2D eigenvalue weighted by atomic mass is 10.1. The summed E-state index contributed by atoms with van der Waals surface area (Å²) < 4.78 is 5.02. The molecule has 0 saturated heterocycles. The lowest BCUT2D eigenvalue weighted by Crippen LogP contribution is -2.08. The second-order valence-electron chi connectivity index (χ2n) is 4.04. The van der Waals surface area contributed by atoms with Crippen LogP contribution in [0.1, 0.15) is 44.3 Å². The molecule has 3 nitrogen and oxygen atoms in total. The van der Waals surface area contributed by atoms with E-state index in [1.165, 1.54) is 0 Å². The monoisotopic (exact) mass is 236 g/mol. The van der Waals surface area contributed by atoms with Gasteiger partial charge in [0.1, 0.15) is 0 Å². The van der Waals surface area contributed by atoms with Crippen LogP contribution in [0, 0.1) is 0 Å². The zero-order valence-corrected chi connectivity index (χ0v) is 10.3. The molecular weight excluding hydrogens is 216 g/mol. The van der Waals surface area contributed by atoms with Crippen LogP contribution in [0.25, 0.3) is 0 Å². The molecule has 1 aromatic carbocycles. The number of hydrogen-bond acceptors (Lipinski definition) is 3. The molecule has 1 N–H and O–H groups in total. The van der Waals surface area contributed by atoms with Gasteiger partial charge in [-0.1, -0.05) is 43.7 Å². The van der Waals surface area contributed by atoms with Crippen molar-refractivity contribution >= 4 is 5.97 Å². The zero-order valence-electron chi connectivity index (χ0n) is 10.3. The smallest absolute Gasteiger partial charge is 0.305 e. The van der Waals surface area contributed by atoms with Crippen molar-refractivity contribution < 1.29 is 14.6 Å². The van der Waals surface area contributed by atoms with Crippen molar-refractivity contribution in [1.29, 1.82) is 0 Å². The first-order chi connectivity index (χ1) is 8.24.